The van der Waals surface area contributed by atoms with Gasteiger partial charge in [0.2, 0.25) is 0 Å². The van der Waals surface area contributed by atoms with E-state index < -0.39 is 11.4 Å². The SMILES string of the molecule is CC(C)(C)c1ccc([C@H]2CCCN2[S+]([O-])C(C)(C)C)cc1. The molecule has 118 valence electrons. The topological polar surface area (TPSA) is 26.3 Å². The fraction of sp³-hybridized carbons (Fsp3) is 0.667. The van der Waals surface area contributed by atoms with Crippen LogP contribution >= 0.6 is 0 Å². The van der Waals surface area contributed by atoms with Gasteiger partial charge in [-0.15, -0.1) is 4.31 Å². The van der Waals surface area contributed by atoms with Crippen LogP contribution in [-0.2, 0) is 16.8 Å². The molecule has 0 amide bonds. The summed E-state index contributed by atoms with van der Waals surface area (Å²) in [5.74, 6) is 0. The standard InChI is InChI=1S/C18H29NOS/c1-17(2,3)15-11-9-14(10-12-15)16-8-7-13-19(16)21(20)18(4,5)6/h9-12,16H,7-8,13H2,1-6H3/t16-,21?/m1/s1. The highest BCUT2D eigenvalue weighted by Gasteiger charge is 2.41. The zero-order valence-electron chi connectivity index (χ0n) is 14.3. The lowest BCUT2D eigenvalue weighted by molar-refractivity contribution is 0.380. The third-order valence-corrected chi connectivity index (χ3v) is 6.01. The first kappa shape index (κ1) is 16.9. The number of hydrogen-bond acceptors (Lipinski definition) is 2. The van der Waals surface area contributed by atoms with E-state index in [0.29, 0.717) is 6.04 Å². The van der Waals surface area contributed by atoms with Crippen molar-refractivity contribution in [1.29, 1.82) is 0 Å². The summed E-state index contributed by atoms with van der Waals surface area (Å²) in [6.07, 6.45) is 2.24. The molecular weight excluding hydrogens is 278 g/mol. The Morgan fingerprint density at radius 3 is 2.10 bits per heavy atom. The molecular formula is C18H29NOS. The molecule has 21 heavy (non-hydrogen) atoms. The van der Waals surface area contributed by atoms with E-state index in [9.17, 15) is 4.55 Å². The molecule has 0 spiro atoms. The van der Waals surface area contributed by atoms with Gasteiger partial charge in [0.25, 0.3) is 0 Å². The summed E-state index contributed by atoms with van der Waals surface area (Å²) < 4.78 is 14.7. The molecule has 0 aromatic heterocycles. The minimum Gasteiger partial charge on any atom is -0.597 e. The van der Waals surface area contributed by atoms with Crippen molar-refractivity contribution in [1.82, 2.24) is 4.31 Å². The highest BCUT2D eigenvalue weighted by Crippen LogP contribution is 2.38. The Morgan fingerprint density at radius 1 is 1.05 bits per heavy atom. The molecule has 0 aliphatic carbocycles. The maximum atomic E-state index is 12.7. The van der Waals surface area contributed by atoms with Gasteiger partial charge in [-0.1, -0.05) is 45.0 Å². The molecule has 3 heteroatoms. The van der Waals surface area contributed by atoms with E-state index in [-0.39, 0.29) is 10.2 Å². The summed E-state index contributed by atoms with van der Waals surface area (Å²) in [6, 6.07) is 9.21. The van der Waals surface area contributed by atoms with Gasteiger partial charge in [0.05, 0.1) is 6.04 Å². The summed E-state index contributed by atoms with van der Waals surface area (Å²) >= 11 is -0.932. The average Bonchev–Trinajstić information content (AvgIpc) is 2.84. The second-order valence-electron chi connectivity index (χ2n) is 8.03. The summed E-state index contributed by atoms with van der Waals surface area (Å²) in [5.41, 5.74) is 2.84. The molecule has 1 aromatic carbocycles. The molecule has 1 heterocycles. The Morgan fingerprint density at radius 2 is 1.62 bits per heavy atom. The Bertz CT molecular complexity index is 469. The quantitative estimate of drug-likeness (QED) is 0.747. The van der Waals surface area contributed by atoms with Crippen LogP contribution in [0.5, 0.6) is 0 Å². The molecule has 0 saturated carbocycles. The van der Waals surface area contributed by atoms with Gasteiger partial charge in [-0.25, -0.2) is 0 Å². The molecule has 1 saturated heterocycles. The summed E-state index contributed by atoms with van der Waals surface area (Å²) in [4.78, 5) is 0. The first-order valence-electron chi connectivity index (χ1n) is 7.90. The lowest BCUT2D eigenvalue weighted by Gasteiger charge is -2.33. The lowest BCUT2D eigenvalue weighted by Crippen LogP contribution is -2.42. The predicted molar refractivity (Wildman–Crippen MR) is 91.7 cm³/mol. The van der Waals surface area contributed by atoms with Crippen LogP contribution in [0.4, 0.5) is 0 Å². The summed E-state index contributed by atoms with van der Waals surface area (Å²) in [7, 11) is 0. The van der Waals surface area contributed by atoms with Gasteiger partial charge in [-0.3, -0.25) is 0 Å². The molecule has 1 unspecified atom stereocenters. The number of benzene rings is 1. The second-order valence-corrected chi connectivity index (χ2v) is 10.2. The highest BCUT2D eigenvalue weighted by atomic mass is 32.2. The van der Waals surface area contributed by atoms with Gasteiger partial charge in [-0.05, 0) is 50.2 Å². The lowest BCUT2D eigenvalue weighted by atomic mass is 9.86. The molecule has 0 bridgehead atoms. The maximum absolute atomic E-state index is 12.7. The van der Waals surface area contributed by atoms with Gasteiger partial charge in [-0.2, -0.15) is 0 Å². The first-order valence-corrected chi connectivity index (χ1v) is 9.00. The average molecular weight is 308 g/mol. The Balaban J connectivity index is 2.21. The zero-order chi connectivity index (χ0) is 15.8. The van der Waals surface area contributed by atoms with E-state index in [1.54, 1.807) is 0 Å². The van der Waals surface area contributed by atoms with Crippen molar-refractivity contribution in [3.8, 4) is 0 Å². The summed E-state index contributed by atoms with van der Waals surface area (Å²) in [6.45, 7) is 13.8. The van der Waals surface area contributed by atoms with E-state index in [1.807, 2.05) is 0 Å². The maximum Gasteiger partial charge on any atom is 0.137 e. The minimum absolute atomic E-state index is 0.183. The van der Waals surface area contributed by atoms with Gasteiger partial charge in [0.1, 0.15) is 4.75 Å². The second kappa shape index (κ2) is 5.94. The van der Waals surface area contributed by atoms with Crippen LogP contribution in [0.2, 0.25) is 0 Å². The minimum atomic E-state index is -0.932. The van der Waals surface area contributed by atoms with E-state index in [1.165, 1.54) is 11.1 Å². The molecule has 0 radical (unpaired) electrons. The van der Waals surface area contributed by atoms with E-state index in [4.69, 9.17) is 0 Å². The van der Waals surface area contributed by atoms with Crippen molar-refractivity contribution in [3.05, 3.63) is 35.4 Å². The van der Waals surface area contributed by atoms with Crippen LogP contribution in [0.3, 0.4) is 0 Å². The van der Waals surface area contributed by atoms with E-state index in [2.05, 4.69) is 70.1 Å². The molecule has 2 rings (SSSR count). The number of nitrogens with zero attached hydrogens (tertiary/aromatic N) is 1. The predicted octanol–water partition coefficient (Wildman–Crippen LogP) is 4.58. The Kier molecular flexibility index (Phi) is 4.77. The zero-order valence-corrected chi connectivity index (χ0v) is 15.1. The molecule has 1 aliphatic heterocycles. The van der Waals surface area contributed by atoms with Gasteiger partial charge in [0.15, 0.2) is 0 Å². The van der Waals surface area contributed by atoms with Crippen LogP contribution < -0.4 is 0 Å². The molecule has 2 atom stereocenters. The van der Waals surface area contributed by atoms with Crippen molar-refractivity contribution in [2.75, 3.05) is 6.54 Å². The van der Waals surface area contributed by atoms with Crippen LogP contribution in [0, 0.1) is 0 Å². The van der Waals surface area contributed by atoms with Crippen molar-refractivity contribution in [2.24, 2.45) is 0 Å². The van der Waals surface area contributed by atoms with Gasteiger partial charge < -0.3 is 4.55 Å². The van der Waals surface area contributed by atoms with E-state index >= 15 is 0 Å². The number of hydrogen-bond donors (Lipinski definition) is 0. The Labute approximate surface area is 133 Å². The first-order chi connectivity index (χ1) is 9.60. The van der Waals surface area contributed by atoms with Crippen molar-refractivity contribution in [3.63, 3.8) is 0 Å². The molecule has 1 fully saturated rings. The molecule has 0 N–H and O–H groups in total. The third kappa shape index (κ3) is 3.82. The highest BCUT2D eigenvalue weighted by molar-refractivity contribution is 7.90. The smallest absolute Gasteiger partial charge is 0.137 e. The van der Waals surface area contributed by atoms with Crippen molar-refractivity contribution in [2.45, 2.75) is 70.6 Å². The molecule has 1 aromatic rings. The molecule has 2 nitrogen and oxygen atoms in total. The third-order valence-electron chi connectivity index (χ3n) is 4.10. The fourth-order valence-electron chi connectivity index (χ4n) is 2.83. The van der Waals surface area contributed by atoms with Gasteiger partial charge >= 0.3 is 0 Å². The van der Waals surface area contributed by atoms with Crippen molar-refractivity contribution < 1.29 is 4.55 Å². The number of rotatable bonds is 2. The van der Waals surface area contributed by atoms with Crippen LogP contribution in [0.25, 0.3) is 0 Å². The monoisotopic (exact) mass is 307 g/mol. The molecule has 1 aliphatic rings. The van der Waals surface area contributed by atoms with Gasteiger partial charge in [0, 0.05) is 17.9 Å². The largest absolute Gasteiger partial charge is 0.597 e. The normalized spacial score (nSPS) is 22.5. The summed E-state index contributed by atoms with van der Waals surface area (Å²) in [5, 5.41) is 0. The van der Waals surface area contributed by atoms with Crippen molar-refractivity contribution >= 4 is 11.4 Å². The Hall–Kier alpha value is -0.510. The van der Waals surface area contributed by atoms with Crippen LogP contribution in [0.1, 0.15) is 71.6 Å². The fourth-order valence-corrected chi connectivity index (χ4v) is 4.29. The van der Waals surface area contributed by atoms with Crippen LogP contribution in [0.15, 0.2) is 24.3 Å². The van der Waals surface area contributed by atoms with E-state index in [0.717, 1.165) is 19.4 Å². The van der Waals surface area contributed by atoms with Crippen LogP contribution in [-0.4, -0.2) is 20.1 Å².